The summed E-state index contributed by atoms with van der Waals surface area (Å²) < 4.78 is 7.53. The number of aromatic nitrogens is 1. The number of rotatable bonds is 1. The summed E-state index contributed by atoms with van der Waals surface area (Å²) in [6.45, 7) is 0. The first kappa shape index (κ1) is 11.7. The smallest absolute Gasteiger partial charge is 0.354 e. The molecule has 84 valence electrons. The van der Waals surface area contributed by atoms with E-state index in [0.29, 0.717) is 10.7 Å². The first-order valence-electron chi connectivity index (χ1n) is 4.57. The fraction of sp³-hybridized carbons (Fsp3) is 0.182. The van der Waals surface area contributed by atoms with E-state index in [1.54, 1.807) is 10.6 Å². The van der Waals surface area contributed by atoms with Crippen LogP contribution in [0.1, 0.15) is 10.5 Å². The average Bonchev–Trinajstić information content (AvgIpc) is 2.56. The minimum atomic E-state index is -0.357. The Morgan fingerprint density at radius 1 is 1.44 bits per heavy atom. The van der Waals surface area contributed by atoms with Crippen molar-refractivity contribution >= 4 is 51.1 Å². The van der Waals surface area contributed by atoms with Crippen molar-refractivity contribution in [1.82, 2.24) is 4.57 Å². The lowest BCUT2D eigenvalue weighted by Gasteiger charge is -2.02. The Morgan fingerprint density at radius 3 is 2.75 bits per heavy atom. The molecule has 0 atom stereocenters. The Labute approximate surface area is 111 Å². The average molecular weight is 350 g/mol. The van der Waals surface area contributed by atoms with Gasteiger partial charge in [-0.2, -0.15) is 0 Å². The normalized spacial score (nSPS) is 10.8. The number of aryl methyl sites for hydroxylation is 1. The lowest BCUT2D eigenvalue weighted by Crippen LogP contribution is -2.06. The molecule has 5 heteroatoms. The Balaban J connectivity index is 2.77. The summed E-state index contributed by atoms with van der Waals surface area (Å²) >= 11 is 8.32. The maximum atomic E-state index is 11.5. The topological polar surface area (TPSA) is 31.2 Å². The van der Waals surface area contributed by atoms with Crippen molar-refractivity contribution in [1.29, 1.82) is 0 Å². The van der Waals surface area contributed by atoms with Crippen LogP contribution < -0.4 is 0 Å². The number of halogens is 2. The molecule has 0 amide bonds. The zero-order valence-corrected chi connectivity index (χ0v) is 11.7. The van der Waals surface area contributed by atoms with Crippen molar-refractivity contribution in [2.75, 3.05) is 7.11 Å². The summed E-state index contributed by atoms with van der Waals surface area (Å²) in [5.74, 6) is -0.357. The third-order valence-corrected chi connectivity index (χ3v) is 3.41. The van der Waals surface area contributed by atoms with Crippen LogP contribution in [0.15, 0.2) is 18.2 Å². The largest absolute Gasteiger partial charge is 0.464 e. The van der Waals surface area contributed by atoms with E-state index in [1.165, 1.54) is 7.11 Å². The van der Waals surface area contributed by atoms with Gasteiger partial charge in [-0.1, -0.05) is 11.6 Å². The number of ether oxygens (including phenoxy) is 1. The number of fused-ring (bicyclic) bond motifs is 1. The van der Waals surface area contributed by atoms with Gasteiger partial charge < -0.3 is 9.30 Å². The molecule has 0 saturated carbocycles. The van der Waals surface area contributed by atoms with E-state index in [2.05, 4.69) is 22.6 Å². The molecule has 16 heavy (non-hydrogen) atoms. The quantitative estimate of drug-likeness (QED) is 0.585. The maximum Gasteiger partial charge on any atom is 0.354 e. The van der Waals surface area contributed by atoms with Crippen LogP contribution in [0.25, 0.3) is 10.9 Å². The molecular formula is C11H9ClINO2. The summed E-state index contributed by atoms with van der Waals surface area (Å²) in [6, 6.07) is 5.60. The summed E-state index contributed by atoms with van der Waals surface area (Å²) in [5, 5.41) is 1.51. The molecule has 0 fully saturated rings. The molecule has 2 aromatic rings. The molecule has 0 aliphatic carbocycles. The van der Waals surface area contributed by atoms with Gasteiger partial charge in [-0.25, -0.2) is 4.79 Å². The van der Waals surface area contributed by atoms with E-state index in [9.17, 15) is 4.79 Å². The molecule has 0 N–H and O–H groups in total. The highest BCUT2D eigenvalue weighted by atomic mass is 127. The van der Waals surface area contributed by atoms with Crippen molar-refractivity contribution in [3.8, 4) is 0 Å². The van der Waals surface area contributed by atoms with Crippen LogP contribution in [0.2, 0.25) is 5.02 Å². The van der Waals surface area contributed by atoms with Gasteiger partial charge in [-0.05, 0) is 40.8 Å². The molecule has 3 nitrogen and oxygen atoms in total. The Hall–Kier alpha value is -0.750. The Kier molecular flexibility index (Phi) is 3.12. The van der Waals surface area contributed by atoms with Gasteiger partial charge in [0.2, 0.25) is 0 Å². The van der Waals surface area contributed by atoms with Gasteiger partial charge in [-0.3, -0.25) is 0 Å². The number of hydrogen-bond acceptors (Lipinski definition) is 2. The van der Waals surface area contributed by atoms with Gasteiger partial charge in [-0.15, -0.1) is 0 Å². The van der Waals surface area contributed by atoms with Gasteiger partial charge in [0.05, 0.1) is 17.6 Å². The first-order chi connectivity index (χ1) is 7.54. The predicted octanol–water partition coefficient (Wildman–Crippen LogP) is 3.22. The second-order valence-corrected chi connectivity index (χ2v) is 5.05. The van der Waals surface area contributed by atoms with Crippen LogP contribution >= 0.6 is 34.2 Å². The van der Waals surface area contributed by atoms with Crippen LogP contribution in [0.3, 0.4) is 0 Å². The standard InChI is InChI=1S/C11H9ClINO2/c1-14-9-4-6(13)3-8(12)7(9)5-10(14)11(15)16-2/h3-5H,1-2H3. The van der Waals surface area contributed by atoms with Gasteiger partial charge in [0.15, 0.2) is 0 Å². The lowest BCUT2D eigenvalue weighted by atomic mass is 10.2. The van der Waals surface area contributed by atoms with Crippen molar-refractivity contribution in [3.63, 3.8) is 0 Å². The predicted molar refractivity (Wildman–Crippen MR) is 72.0 cm³/mol. The van der Waals surface area contributed by atoms with Crippen molar-refractivity contribution in [2.45, 2.75) is 0 Å². The molecule has 1 aromatic carbocycles. The Morgan fingerprint density at radius 2 is 2.12 bits per heavy atom. The van der Waals surface area contributed by atoms with Gasteiger partial charge >= 0.3 is 5.97 Å². The van der Waals surface area contributed by atoms with Crippen molar-refractivity contribution < 1.29 is 9.53 Å². The number of carbonyl (C=O) groups is 1. The zero-order chi connectivity index (χ0) is 11.9. The third-order valence-electron chi connectivity index (χ3n) is 2.47. The van der Waals surface area contributed by atoms with E-state index in [-0.39, 0.29) is 5.97 Å². The summed E-state index contributed by atoms with van der Waals surface area (Å²) in [6.07, 6.45) is 0. The highest BCUT2D eigenvalue weighted by Gasteiger charge is 2.15. The van der Waals surface area contributed by atoms with Crippen LogP contribution in [-0.4, -0.2) is 17.6 Å². The molecule has 0 unspecified atom stereocenters. The molecule has 1 aromatic heterocycles. The van der Waals surface area contributed by atoms with Gasteiger partial charge in [0.1, 0.15) is 5.69 Å². The zero-order valence-electron chi connectivity index (χ0n) is 8.75. The van der Waals surface area contributed by atoms with Crippen LogP contribution in [0, 0.1) is 3.57 Å². The third kappa shape index (κ3) is 1.80. The van der Waals surface area contributed by atoms with E-state index in [4.69, 9.17) is 16.3 Å². The highest BCUT2D eigenvalue weighted by Crippen LogP contribution is 2.28. The molecule has 0 aliphatic heterocycles. The van der Waals surface area contributed by atoms with Gasteiger partial charge in [0, 0.05) is 16.0 Å². The van der Waals surface area contributed by atoms with E-state index >= 15 is 0 Å². The minimum absolute atomic E-state index is 0.357. The Bertz CT molecular complexity index is 577. The number of methoxy groups -OCH3 is 1. The van der Waals surface area contributed by atoms with Crippen molar-refractivity contribution in [2.24, 2.45) is 7.05 Å². The van der Waals surface area contributed by atoms with Crippen molar-refractivity contribution in [3.05, 3.63) is 32.5 Å². The molecule has 0 saturated heterocycles. The fourth-order valence-electron chi connectivity index (χ4n) is 1.66. The number of esters is 1. The molecule has 0 bridgehead atoms. The van der Waals surface area contributed by atoms with Crippen LogP contribution in [0.4, 0.5) is 0 Å². The van der Waals surface area contributed by atoms with Gasteiger partial charge in [0.25, 0.3) is 0 Å². The first-order valence-corrected chi connectivity index (χ1v) is 6.03. The molecule has 2 rings (SSSR count). The molecular weight excluding hydrogens is 340 g/mol. The molecule has 1 heterocycles. The maximum absolute atomic E-state index is 11.5. The van der Waals surface area contributed by atoms with E-state index in [1.807, 2.05) is 19.2 Å². The van der Waals surface area contributed by atoms with Crippen LogP contribution in [-0.2, 0) is 11.8 Å². The monoisotopic (exact) mass is 349 g/mol. The molecule has 0 radical (unpaired) electrons. The summed E-state index contributed by atoms with van der Waals surface area (Å²) in [4.78, 5) is 11.5. The summed E-state index contributed by atoms with van der Waals surface area (Å²) in [5.41, 5.74) is 1.43. The fourth-order valence-corrected chi connectivity index (χ4v) is 2.71. The highest BCUT2D eigenvalue weighted by molar-refractivity contribution is 14.1. The number of nitrogens with zero attached hydrogens (tertiary/aromatic N) is 1. The van der Waals surface area contributed by atoms with Crippen LogP contribution in [0.5, 0.6) is 0 Å². The number of carbonyl (C=O) groups excluding carboxylic acids is 1. The second kappa shape index (κ2) is 4.25. The summed E-state index contributed by atoms with van der Waals surface area (Å²) in [7, 11) is 3.19. The SMILES string of the molecule is COC(=O)c1cc2c(Cl)cc(I)cc2n1C. The second-order valence-electron chi connectivity index (χ2n) is 3.40. The molecule has 0 aliphatic rings. The molecule has 0 spiro atoms. The number of benzene rings is 1. The lowest BCUT2D eigenvalue weighted by molar-refractivity contribution is 0.0590. The van der Waals surface area contributed by atoms with E-state index < -0.39 is 0 Å². The van der Waals surface area contributed by atoms with E-state index in [0.717, 1.165) is 14.5 Å². The number of hydrogen-bond donors (Lipinski definition) is 0. The minimum Gasteiger partial charge on any atom is -0.464 e.